The highest BCUT2D eigenvalue weighted by molar-refractivity contribution is 4.65. The van der Waals surface area contributed by atoms with Crippen molar-refractivity contribution in [3.05, 3.63) is 0 Å². The van der Waals surface area contributed by atoms with E-state index in [1.54, 1.807) is 0 Å². The highest BCUT2D eigenvalue weighted by Crippen LogP contribution is 2.12. The minimum atomic E-state index is -0.440. The molecule has 0 radical (unpaired) electrons. The average Bonchev–Trinajstić information content (AvgIpc) is 3.48. The zero-order valence-electron chi connectivity index (χ0n) is 51.9. The Kier molecular flexibility index (Phi) is 66.7. The molecule has 0 rings (SSSR count). The van der Waals surface area contributed by atoms with E-state index in [0.29, 0.717) is 218 Å². The van der Waals surface area contributed by atoms with Gasteiger partial charge < -0.3 is 95.1 Å². The molecule has 482 valence electrons. The van der Waals surface area contributed by atoms with Crippen LogP contribution in [0.2, 0.25) is 0 Å². The van der Waals surface area contributed by atoms with Gasteiger partial charge in [-0.3, -0.25) is 0 Å². The lowest BCUT2D eigenvalue weighted by Gasteiger charge is -2.26. The first kappa shape index (κ1) is 79.2. The van der Waals surface area contributed by atoms with Crippen LogP contribution in [0, 0.1) is 0 Å². The van der Waals surface area contributed by atoms with Gasteiger partial charge in [0, 0.05) is 6.61 Å². The number of hydrogen-bond donors (Lipinski definition) is 1. The van der Waals surface area contributed by atoms with Crippen LogP contribution >= 0.6 is 0 Å². The van der Waals surface area contributed by atoms with Crippen molar-refractivity contribution in [2.75, 3.05) is 218 Å². The zero-order chi connectivity index (χ0) is 58.1. The van der Waals surface area contributed by atoms with Crippen molar-refractivity contribution in [3.8, 4) is 0 Å². The monoisotopic (exact) mass is 1160 g/mol. The molecule has 0 heterocycles. The van der Waals surface area contributed by atoms with Gasteiger partial charge in [-0.25, -0.2) is 0 Å². The predicted octanol–water partition coefficient (Wildman–Crippen LogP) is 8.11. The Labute approximate surface area is 486 Å². The van der Waals surface area contributed by atoms with Crippen molar-refractivity contribution in [3.63, 3.8) is 0 Å². The number of unbranched alkanes of at least 4 members (excludes halogenated alkanes) is 7. The SMILES string of the molecule is CCCCCCCCCCOCCOCCOCCOCCOCCOCCOCCOCCOCCOCCOCCOCCOCCOCC(CC)OCC(CC)OCC(CC)OCC(CC)OCC(CC)OCC(O)CC. The average molecular weight is 1160 g/mol. The van der Waals surface area contributed by atoms with Crippen molar-refractivity contribution in [2.45, 2.75) is 175 Å². The molecule has 0 aliphatic heterocycles. The molecule has 0 aromatic heterocycles. The van der Waals surface area contributed by atoms with E-state index in [4.69, 9.17) is 90.0 Å². The summed E-state index contributed by atoms with van der Waals surface area (Å²) in [5.41, 5.74) is 0. The summed E-state index contributed by atoms with van der Waals surface area (Å²) in [7, 11) is 0. The highest BCUT2D eigenvalue weighted by Gasteiger charge is 2.19. The van der Waals surface area contributed by atoms with Gasteiger partial charge in [-0.2, -0.15) is 0 Å². The molecular formula is C60H122O20. The molecule has 0 saturated heterocycles. The maximum Gasteiger partial charge on any atom is 0.0807 e. The van der Waals surface area contributed by atoms with Gasteiger partial charge in [0.25, 0.3) is 0 Å². The van der Waals surface area contributed by atoms with Gasteiger partial charge in [0.15, 0.2) is 0 Å². The van der Waals surface area contributed by atoms with Gasteiger partial charge in [0.1, 0.15) is 0 Å². The van der Waals surface area contributed by atoms with E-state index in [1.807, 2.05) is 6.92 Å². The van der Waals surface area contributed by atoms with Gasteiger partial charge in [-0.05, 0) is 44.9 Å². The number of ether oxygens (including phenoxy) is 19. The Morgan fingerprint density at radius 1 is 0.200 bits per heavy atom. The van der Waals surface area contributed by atoms with E-state index < -0.39 is 6.10 Å². The molecule has 80 heavy (non-hydrogen) atoms. The third kappa shape index (κ3) is 59.0. The van der Waals surface area contributed by atoms with Crippen molar-refractivity contribution in [1.29, 1.82) is 0 Å². The first-order valence-corrected chi connectivity index (χ1v) is 31.3. The van der Waals surface area contributed by atoms with Crippen LogP contribution in [0.3, 0.4) is 0 Å². The molecule has 0 bridgehead atoms. The molecule has 0 aliphatic carbocycles. The fourth-order valence-electron chi connectivity index (χ4n) is 7.17. The third-order valence-electron chi connectivity index (χ3n) is 12.6. The largest absolute Gasteiger partial charge is 0.391 e. The molecule has 20 nitrogen and oxygen atoms in total. The van der Waals surface area contributed by atoms with Crippen molar-refractivity contribution >= 4 is 0 Å². The first-order chi connectivity index (χ1) is 39.5. The maximum atomic E-state index is 9.83. The van der Waals surface area contributed by atoms with E-state index >= 15 is 0 Å². The molecule has 1 N–H and O–H groups in total. The van der Waals surface area contributed by atoms with Crippen LogP contribution in [0.25, 0.3) is 0 Å². The predicted molar refractivity (Wildman–Crippen MR) is 311 cm³/mol. The Morgan fingerprint density at radius 2 is 0.400 bits per heavy atom. The van der Waals surface area contributed by atoms with Crippen molar-refractivity contribution < 1.29 is 95.1 Å². The van der Waals surface area contributed by atoms with Crippen LogP contribution in [-0.2, 0) is 90.0 Å². The Morgan fingerprint density at radius 3 is 0.637 bits per heavy atom. The Balaban J connectivity index is 3.45. The molecule has 0 amide bonds. The minimum absolute atomic E-state index is 0.0200. The van der Waals surface area contributed by atoms with Gasteiger partial charge in [-0.1, -0.05) is 93.4 Å². The van der Waals surface area contributed by atoms with E-state index in [1.165, 1.54) is 44.9 Å². The van der Waals surface area contributed by atoms with E-state index in [2.05, 4.69) is 41.5 Å². The molecule has 0 spiro atoms. The van der Waals surface area contributed by atoms with Gasteiger partial charge in [0.05, 0.1) is 248 Å². The van der Waals surface area contributed by atoms with Crippen molar-refractivity contribution in [1.82, 2.24) is 0 Å². The van der Waals surface area contributed by atoms with E-state index in [-0.39, 0.29) is 30.5 Å². The van der Waals surface area contributed by atoms with Crippen molar-refractivity contribution in [2.24, 2.45) is 0 Å². The van der Waals surface area contributed by atoms with Crippen LogP contribution in [0.4, 0.5) is 0 Å². The summed E-state index contributed by atoms with van der Waals surface area (Å²) in [6, 6.07) is 0. The standard InChI is InChI=1S/C60H122O20/c1-8-15-16-17-18-19-20-21-22-62-23-24-63-25-26-64-27-28-65-29-30-66-31-32-67-33-34-68-35-36-69-37-38-70-39-40-71-41-42-72-43-44-73-45-46-74-47-48-75-50-56(10-3)77-52-58(12-5)79-54-60(14-7)80-53-59(13-6)78-51-57(11-4)76-49-55(61)9-2/h55-61H,8-54H2,1-7H3. The lowest BCUT2D eigenvalue weighted by Crippen LogP contribution is -2.32. The fourth-order valence-corrected chi connectivity index (χ4v) is 7.17. The topological polar surface area (TPSA) is 196 Å². The van der Waals surface area contributed by atoms with Crippen LogP contribution in [0.5, 0.6) is 0 Å². The lowest BCUT2D eigenvalue weighted by atomic mass is 10.1. The summed E-state index contributed by atoms with van der Waals surface area (Å²) < 4.78 is 109. The number of aliphatic hydroxyl groups is 1. The summed E-state index contributed by atoms with van der Waals surface area (Å²) in [5.74, 6) is 0. The minimum Gasteiger partial charge on any atom is -0.391 e. The summed E-state index contributed by atoms with van der Waals surface area (Å²) in [6.45, 7) is 31.6. The number of aliphatic hydroxyl groups excluding tert-OH is 1. The molecule has 0 aromatic rings. The summed E-state index contributed by atoms with van der Waals surface area (Å²) in [5, 5.41) is 9.83. The van der Waals surface area contributed by atoms with Gasteiger partial charge in [0.2, 0.25) is 0 Å². The van der Waals surface area contributed by atoms with E-state index in [9.17, 15) is 5.11 Å². The highest BCUT2D eigenvalue weighted by atomic mass is 16.6. The number of hydrogen-bond acceptors (Lipinski definition) is 20. The molecule has 20 heteroatoms. The summed E-state index contributed by atoms with van der Waals surface area (Å²) >= 11 is 0. The normalized spacial score (nSPS) is 14.2. The molecule has 0 aromatic carbocycles. The second kappa shape index (κ2) is 67.3. The summed E-state index contributed by atoms with van der Waals surface area (Å²) in [6.07, 6.45) is 14.8. The molecule has 6 atom stereocenters. The molecular weight excluding hydrogens is 1040 g/mol. The zero-order valence-corrected chi connectivity index (χ0v) is 51.9. The van der Waals surface area contributed by atoms with Crippen LogP contribution in [-0.4, -0.2) is 260 Å². The third-order valence-corrected chi connectivity index (χ3v) is 12.6. The summed E-state index contributed by atoms with van der Waals surface area (Å²) in [4.78, 5) is 0. The van der Waals surface area contributed by atoms with Crippen LogP contribution < -0.4 is 0 Å². The Hall–Kier alpha value is -0.800. The molecule has 0 saturated carbocycles. The smallest absolute Gasteiger partial charge is 0.0807 e. The maximum absolute atomic E-state index is 9.83. The molecule has 6 unspecified atom stereocenters. The second-order valence-electron chi connectivity index (χ2n) is 19.4. The first-order valence-electron chi connectivity index (χ1n) is 31.3. The van der Waals surface area contributed by atoms with Gasteiger partial charge >= 0.3 is 0 Å². The number of rotatable bonds is 71. The molecule has 0 fully saturated rings. The molecule has 0 aliphatic rings. The quantitative estimate of drug-likeness (QED) is 0.0573. The van der Waals surface area contributed by atoms with Gasteiger partial charge in [-0.15, -0.1) is 0 Å². The lowest BCUT2D eigenvalue weighted by molar-refractivity contribution is -0.117. The van der Waals surface area contributed by atoms with Crippen LogP contribution in [0.15, 0.2) is 0 Å². The van der Waals surface area contributed by atoms with E-state index in [0.717, 1.165) is 45.1 Å². The Bertz CT molecular complexity index is 1140. The van der Waals surface area contributed by atoms with Crippen LogP contribution in [0.1, 0.15) is 138 Å². The second-order valence-corrected chi connectivity index (χ2v) is 19.4. The fraction of sp³-hybridized carbons (Fsp3) is 1.00.